The summed E-state index contributed by atoms with van der Waals surface area (Å²) in [6.07, 6.45) is 8.13. The second-order valence-electron chi connectivity index (χ2n) is 10.2. The molecule has 0 saturated heterocycles. The standard InChI is InChI=1S/C30H33N5O3/c1-20(2)21(3)38-30(36)33-23-9-7-22(8-10-23)29-27(18-31)26-17-25(37-16-15-34-14-13-32-19-34)11-12-28(26)35(29)24-5-4-6-24/h7-14,17,19-21,24H,4-6,15-16H2,1-3H3,(H,33,36). The molecule has 1 atom stereocenters. The van der Waals surface area contributed by atoms with Gasteiger partial charge in [0, 0.05) is 29.5 Å². The summed E-state index contributed by atoms with van der Waals surface area (Å²) in [6, 6.07) is 16.4. The van der Waals surface area contributed by atoms with Crippen LogP contribution in [0.15, 0.2) is 61.2 Å². The fourth-order valence-electron chi connectivity index (χ4n) is 4.66. The first-order chi connectivity index (χ1) is 18.4. The predicted molar refractivity (Wildman–Crippen MR) is 147 cm³/mol. The minimum absolute atomic E-state index is 0.176. The highest BCUT2D eigenvalue weighted by molar-refractivity contribution is 5.96. The Morgan fingerprint density at radius 1 is 1.18 bits per heavy atom. The van der Waals surface area contributed by atoms with Crippen molar-refractivity contribution in [3.63, 3.8) is 0 Å². The Balaban J connectivity index is 1.43. The first-order valence-corrected chi connectivity index (χ1v) is 13.2. The summed E-state index contributed by atoms with van der Waals surface area (Å²) in [5.41, 5.74) is 4.16. The zero-order valence-corrected chi connectivity index (χ0v) is 22.1. The first-order valence-electron chi connectivity index (χ1n) is 13.2. The zero-order valence-electron chi connectivity index (χ0n) is 22.1. The van der Waals surface area contributed by atoms with E-state index in [1.165, 1.54) is 6.42 Å². The second kappa shape index (κ2) is 11.0. The zero-order chi connectivity index (χ0) is 26.6. The highest BCUT2D eigenvalue weighted by Gasteiger charge is 2.28. The average molecular weight is 512 g/mol. The van der Waals surface area contributed by atoms with E-state index in [1.54, 1.807) is 12.5 Å². The Kier molecular flexibility index (Phi) is 7.36. The molecule has 1 unspecified atom stereocenters. The number of ether oxygens (including phenoxy) is 2. The van der Waals surface area contributed by atoms with Crippen LogP contribution in [0.2, 0.25) is 0 Å². The van der Waals surface area contributed by atoms with Gasteiger partial charge in [0.15, 0.2) is 0 Å². The molecule has 1 aliphatic rings. The third-order valence-corrected chi connectivity index (χ3v) is 7.34. The third-order valence-electron chi connectivity index (χ3n) is 7.34. The maximum atomic E-state index is 12.3. The van der Waals surface area contributed by atoms with Crippen molar-refractivity contribution in [1.82, 2.24) is 14.1 Å². The van der Waals surface area contributed by atoms with Crippen LogP contribution in [0.4, 0.5) is 10.5 Å². The van der Waals surface area contributed by atoms with Crippen LogP contribution in [-0.4, -0.2) is 32.9 Å². The van der Waals surface area contributed by atoms with Crippen LogP contribution in [0.1, 0.15) is 51.6 Å². The lowest BCUT2D eigenvalue weighted by Crippen LogP contribution is -2.23. The molecule has 38 heavy (non-hydrogen) atoms. The molecular formula is C30H33N5O3. The number of imidazole rings is 1. The number of nitriles is 1. The van der Waals surface area contributed by atoms with Gasteiger partial charge in [-0.05, 0) is 68.0 Å². The van der Waals surface area contributed by atoms with Gasteiger partial charge in [0.1, 0.15) is 24.5 Å². The molecule has 1 saturated carbocycles. The smallest absolute Gasteiger partial charge is 0.411 e. The lowest BCUT2D eigenvalue weighted by atomic mass is 9.92. The van der Waals surface area contributed by atoms with Gasteiger partial charge in [-0.2, -0.15) is 5.26 Å². The van der Waals surface area contributed by atoms with Crippen LogP contribution in [0, 0.1) is 17.2 Å². The Bertz CT molecular complexity index is 1440. The molecular weight excluding hydrogens is 478 g/mol. The van der Waals surface area contributed by atoms with E-state index in [4.69, 9.17) is 9.47 Å². The van der Waals surface area contributed by atoms with Gasteiger partial charge < -0.3 is 18.6 Å². The van der Waals surface area contributed by atoms with Crippen LogP contribution in [-0.2, 0) is 11.3 Å². The van der Waals surface area contributed by atoms with Gasteiger partial charge >= 0.3 is 6.09 Å². The number of rotatable bonds is 9. The summed E-state index contributed by atoms with van der Waals surface area (Å²) < 4.78 is 15.7. The summed E-state index contributed by atoms with van der Waals surface area (Å²) >= 11 is 0. The lowest BCUT2D eigenvalue weighted by molar-refractivity contribution is 0.0940. The maximum Gasteiger partial charge on any atom is 0.411 e. The van der Waals surface area contributed by atoms with Gasteiger partial charge in [0.25, 0.3) is 0 Å². The van der Waals surface area contributed by atoms with Crippen molar-refractivity contribution in [3.05, 3.63) is 66.7 Å². The molecule has 2 aromatic heterocycles. The molecule has 196 valence electrons. The molecule has 2 heterocycles. The number of carbonyl (C=O) groups is 1. The van der Waals surface area contributed by atoms with Gasteiger partial charge in [-0.3, -0.25) is 5.32 Å². The highest BCUT2D eigenvalue weighted by atomic mass is 16.6. The summed E-state index contributed by atoms with van der Waals surface area (Å²) in [5, 5.41) is 14.0. The number of hydrogen-bond donors (Lipinski definition) is 1. The fraction of sp³-hybridized carbons (Fsp3) is 0.367. The molecule has 1 fully saturated rings. The molecule has 1 aliphatic carbocycles. The molecule has 2 aromatic carbocycles. The van der Waals surface area contributed by atoms with E-state index in [9.17, 15) is 10.1 Å². The van der Waals surface area contributed by atoms with Gasteiger partial charge in [-0.1, -0.05) is 26.0 Å². The van der Waals surface area contributed by atoms with Crippen LogP contribution in [0.3, 0.4) is 0 Å². The van der Waals surface area contributed by atoms with Crippen molar-refractivity contribution < 1.29 is 14.3 Å². The summed E-state index contributed by atoms with van der Waals surface area (Å²) in [4.78, 5) is 16.3. The molecule has 1 N–H and O–H groups in total. The number of nitrogens with zero attached hydrogens (tertiary/aromatic N) is 4. The van der Waals surface area contributed by atoms with E-state index >= 15 is 0 Å². The number of nitrogens with one attached hydrogen (secondary N) is 1. The molecule has 4 aromatic rings. The van der Waals surface area contributed by atoms with Crippen molar-refractivity contribution in [3.8, 4) is 23.1 Å². The van der Waals surface area contributed by atoms with E-state index in [2.05, 4.69) is 27.0 Å². The quantitative estimate of drug-likeness (QED) is 0.267. The number of carbonyl (C=O) groups excluding carboxylic acids is 1. The first kappa shape index (κ1) is 25.4. The second-order valence-corrected chi connectivity index (χ2v) is 10.2. The predicted octanol–water partition coefficient (Wildman–Crippen LogP) is 6.77. The van der Waals surface area contributed by atoms with Crippen molar-refractivity contribution in [1.29, 1.82) is 5.26 Å². The highest BCUT2D eigenvalue weighted by Crippen LogP contribution is 2.43. The van der Waals surface area contributed by atoms with Crippen LogP contribution >= 0.6 is 0 Å². The maximum absolute atomic E-state index is 12.3. The minimum atomic E-state index is -0.471. The summed E-state index contributed by atoms with van der Waals surface area (Å²) in [6.45, 7) is 7.11. The Hall–Kier alpha value is -4.25. The number of hydrogen-bond acceptors (Lipinski definition) is 5. The van der Waals surface area contributed by atoms with Crippen molar-refractivity contribution >= 4 is 22.7 Å². The van der Waals surface area contributed by atoms with Crippen molar-refractivity contribution in [2.45, 2.75) is 58.7 Å². The van der Waals surface area contributed by atoms with Gasteiger partial charge in [-0.15, -0.1) is 0 Å². The number of anilines is 1. The van der Waals surface area contributed by atoms with E-state index in [1.807, 2.05) is 67.9 Å². The van der Waals surface area contributed by atoms with Gasteiger partial charge in [0.05, 0.1) is 29.6 Å². The molecule has 8 heteroatoms. The molecule has 0 bridgehead atoms. The molecule has 5 rings (SSSR count). The normalized spacial score (nSPS) is 14.2. The Labute approximate surface area is 222 Å². The largest absolute Gasteiger partial charge is 0.492 e. The summed E-state index contributed by atoms with van der Waals surface area (Å²) in [5.74, 6) is 0.976. The van der Waals surface area contributed by atoms with Crippen molar-refractivity contribution in [2.24, 2.45) is 5.92 Å². The fourth-order valence-corrected chi connectivity index (χ4v) is 4.66. The van der Waals surface area contributed by atoms with E-state index < -0.39 is 6.09 Å². The number of aromatic nitrogens is 3. The Morgan fingerprint density at radius 2 is 1.97 bits per heavy atom. The van der Waals surface area contributed by atoms with E-state index in [-0.39, 0.29) is 12.0 Å². The van der Waals surface area contributed by atoms with Gasteiger partial charge in [-0.25, -0.2) is 9.78 Å². The van der Waals surface area contributed by atoms with Crippen LogP contribution in [0.25, 0.3) is 22.2 Å². The van der Waals surface area contributed by atoms with Gasteiger partial charge in [0.2, 0.25) is 0 Å². The molecule has 1 amide bonds. The average Bonchev–Trinajstić information content (AvgIpc) is 3.49. The molecule has 8 nitrogen and oxygen atoms in total. The lowest BCUT2D eigenvalue weighted by Gasteiger charge is -2.30. The molecule has 0 radical (unpaired) electrons. The van der Waals surface area contributed by atoms with Crippen LogP contribution in [0.5, 0.6) is 5.75 Å². The monoisotopic (exact) mass is 511 g/mol. The topological polar surface area (TPSA) is 94.1 Å². The van der Waals surface area contributed by atoms with Crippen LogP contribution < -0.4 is 10.1 Å². The van der Waals surface area contributed by atoms with Crippen molar-refractivity contribution in [2.75, 3.05) is 11.9 Å². The number of amides is 1. The molecule has 0 spiro atoms. The van der Waals surface area contributed by atoms with E-state index in [0.717, 1.165) is 40.8 Å². The summed E-state index contributed by atoms with van der Waals surface area (Å²) in [7, 11) is 0. The Morgan fingerprint density at radius 3 is 2.61 bits per heavy atom. The number of benzene rings is 2. The SMILES string of the molecule is CC(C)C(C)OC(=O)Nc1ccc(-c2c(C#N)c3cc(OCCn4ccnc4)ccc3n2C2CCC2)cc1. The third kappa shape index (κ3) is 5.23. The number of fused-ring (bicyclic) bond motifs is 1. The minimum Gasteiger partial charge on any atom is -0.492 e. The molecule has 0 aliphatic heterocycles. The van der Waals surface area contributed by atoms with E-state index in [0.29, 0.717) is 30.4 Å².